The molecule has 0 spiro atoms. The summed E-state index contributed by atoms with van der Waals surface area (Å²) in [6.45, 7) is 0. The van der Waals surface area contributed by atoms with Gasteiger partial charge in [0.2, 0.25) is 0 Å². The largest absolute Gasteiger partial charge is 0.465 e. The Morgan fingerprint density at radius 2 is 1.90 bits per heavy atom. The Morgan fingerprint density at radius 1 is 1.33 bits per heavy atom. The van der Waals surface area contributed by atoms with E-state index in [1.165, 1.54) is 35.7 Å². The van der Waals surface area contributed by atoms with E-state index < -0.39 is 5.97 Å². The average molecular weight is 367 g/mol. The third-order valence-electron chi connectivity index (χ3n) is 2.67. The van der Waals surface area contributed by atoms with Crippen molar-refractivity contribution in [3.63, 3.8) is 0 Å². The summed E-state index contributed by atoms with van der Waals surface area (Å²) in [5.41, 5.74) is 6.53. The number of ether oxygens (including phenoxy) is 1. The van der Waals surface area contributed by atoms with E-state index in [1.807, 2.05) is 0 Å². The number of aromatic nitrogens is 2. The van der Waals surface area contributed by atoms with Gasteiger partial charge in [0.15, 0.2) is 0 Å². The summed E-state index contributed by atoms with van der Waals surface area (Å²) in [4.78, 5) is 11.8. The lowest BCUT2D eigenvalue weighted by Crippen LogP contribution is -2.08. The Bertz CT molecular complexity index is 695. The number of nitrogens with zero attached hydrogens (tertiary/aromatic N) is 2. The van der Waals surface area contributed by atoms with Gasteiger partial charge in [-0.05, 0) is 18.4 Å². The molecule has 0 amide bonds. The minimum Gasteiger partial charge on any atom is -0.465 e. The van der Waals surface area contributed by atoms with Crippen molar-refractivity contribution in [3.8, 4) is 5.69 Å². The first kappa shape index (κ1) is 16.3. The number of methoxy groups -OCH3 is 1. The van der Waals surface area contributed by atoms with E-state index in [0.717, 1.165) is 0 Å². The molecule has 5 nitrogen and oxygen atoms in total. The number of rotatable bonds is 3. The molecule has 0 radical (unpaired) electrons. The molecule has 2 rings (SSSR count). The summed E-state index contributed by atoms with van der Waals surface area (Å²) in [6, 6.07) is 3.03. The van der Waals surface area contributed by atoms with Crippen molar-refractivity contribution < 1.29 is 9.53 Å². The molecule has 0 saturated heterocycles. The highest BCUT2D eigenvalue weighted by molar-refractivity contribution is 7.98. The number of nitrogen functional groups attached to an aromatic ring is 1. The molecule has 0 aliphatic rings. The molecule has 0 saturated carbocycles. The number of benzene rings is 1. The number of nitrogens with two attached hydrogens (primary N) is 1. The highest BCUT2D eigenvalue weighted by atomic mass is 35.5. The number of esters is 1. The van der Waals surface area contributed by atoms with E-state index in [-0.39, 0.29) is 21.4 Å². The van der Waals surface area contributed by atoms with Gasteiger partial charge >= 0.3 is 5.97 Å². The summed E-state index contributed by atoms with van der Waals surface area (Å²) >= 11 is 19.4. The van der Waals surface area contributed by atoms with Crippen molar-refractivity contribution in [2.75, 3.05) is 19.1 Å². The second kappa shape index (κ2) is 6.36. The Balaban J connectivity index is 2.72. The first-order valence-corrected chi connectivity index (χ1v) is 7.92. The molecule has 1 heterocycles. The number of anilines is 1. The topological polar surface area (TPSA) is 70.1 Å². The third-order valence-corrected chi connectivity index (χ3v) is 4.13. The summed E-state index contributed by atoms with van der Waals surface area (Å²) in [6.07, 6.45) is 1.77. The number of thioether (sulfide) groups is 1. The molecular weight excluding hydrogens is 357 g/mol. The van der Waals surface area contributed by atoms with Gasteiger partial charge in [-0.25, -0.2) is 9.48 Å². The lowest BCUT2D eigenvalue weighted by atomic mass is 10.3. The number of halogens is 3. The van der Waals surface area contributed by atoms with Crippen molar-refractivity contribution in [1.29, 1.82) is 0 Å². The maximum atomic E-state index is 11.8. The van der Waals surface area contributed by atoms with Crippen molar-refractivity contribution in [3.05, 3.63) is 32.8 Å². The zero-order chi connectivity index (χ0) is 15.7. The molecule has 2 N–H and O–H groups in total. The molecule has 0 unspecified atom stereocenters. The molecule has 0 fully saturated rings. The van der Waals surface area contributed by atoms with E-state index in [4.69, 9.17) is 45.3 Å². The van der Waals surface area contributed by atoms with E-state index >= 15 is 0 Å². The van der Waals surface area contributed by atoms with E-state index in [0.29, 0.717) is 15.7 Å². The maximum Gasteiger partial charge on any atom is 0.344 e. The Hall–Kier alpha value is -1.08. The highest BCUT2D eigenvalue weighted by Crippen LogP contribution is 2.36. The molecular formula is C12H10Cl3N3O2S. The van der Waals surface area contributed by atoms with Crippen LogP contribution in [0.1, 0.15) is 10.4 Å². The fourth-order valence-electron chi connectivity index (χ4n) is 1.75. The van der Waals surface area contributed by atoms with Crippen LogP contribution >= 0.6 is 46.6 Å². The van der Waals surface area contributed by atoms with Crippen LogP contribution in [0.25, 0.3) is 5.69 Å². The molecule has 0 bridgehead atoms. The normalized spacial score (nSPS) is 10.7. The number of carbonyl (C=O) groups is 1. The maximum absolute atomic E-state index is 11.8. The fourth-order valence-corrected chi connectivity index (χ4v) is 3.29. The second-order valence-electron chi connectivity index (χ2n) is 3.89. The fraction of sp³-hybridized carbons (Fsp3) is 0.167. The van der Waals surface area contributed by atoms with Gasteiger partial charge in [-0.3, -0.25) is 0 Å². The molecule has 1 aromatic carbocycles. The minimum absolute atomic E-state index is 0.0947. The lowest BCUT2D eigenvalue weighted by Gasteiger charge is -2.09. The molecule has 9 heteroatoms. The highest BCUT2D eigenvalue weighted by Gasteiger charge is 2.25. The van der Waals surface area contributed by atoms with Crippen molar-refractivity contribution >= 4 is 58.4 Å². The SMILES string of the molecule is COC(=O)c1c(SC)nn(-c2c(Cl)cc(Cl)cc2Cl)c1N. The molecule has 0 aliphatic heterocycles. The van der Waals surface area contributed by atoms with Gasteiger partial charge in [0, 0.05) is 5.02 Å². The number of hydrogen-bond acceptors (Lipinski definition) is 5. The summed E-state index contributed by atoms with van der Waals surface area (Å²) in [5, 5.41) is 5.60. The lowest BCUT2D eigenvalue weighted by molar-refractivity contribution is 0.0598. The quantitative estimate of drug-likeness (QED) is 0.658. The van der Waals surface area contributed by atoms with Crippen molar-refractivity contribution in [2.24, 2.45) is 0 Å². The molecule has 0 aliphatic carbocycles. The first-order chi connectivity index (χ1) is 9.90. The molecule has 2 aromatic rings. The van der Waals surface area contributed by atoms with Crippen LogP contribution in [0.5, 0.6) is 0 Å². The second-order valence-corrected chi connectivity index (χ2v) is 5.94. The average Bonchev–Trinajstić information content (AvgIpc) is 2.74. The first-order valence-electron chi connectivity index (χ1n) is 5.56. The smallest absolute Gasteiger partial charge is 0.344 e. The van der Waals surface area contributed by atoms with Crippen molar-refractivity contribution in [1.82, 2.24) is 9.78 Å². The number of hydrogen-bond donors (Lipinski definition) is 1. The molecule has 0 atom stereocenters. The third kappa shape index (κ3) is 2.94. The van der Waals surface area contributed by atoms with Gasteiger partial charge < -0.3 is 10.5 Å². The summed E-state index contributed by atoms with van der Waals surface area (Å²) in [7, 11) is 1.27. The van der Waals surface area contributed by atoms with Gasteiger partial charge in [0.05, 0.1) is 17.2 Å². The molecule has 112 valence electrons. The van der Waals surface area contributed by atoms with Crippen LogP contribution < -0.4 is 5.73 Å². The predicted octanol–water partition coefficient (Wildman–Crippen LogP) is 3.92. The Morgan fingerprint density at radius 3 is 2.38 bits per heavy atom. The molecule has 1 aromatic heterocycles. The van der Waals surface area contributed by atoms with Crippen molar-refractivity contribution in [2.45, 2.75) is 5.03 Å². The summed E-state index contributed by atoms with van der Waals surface area (Å²) in [5.74, 6) is -0.485. The van der Waals surface area contributed by atoms with Crippen LogP contribution in [0.4, 0.5) is 5.82 Å². The molecule has 21 heavy (non-hydrogen) atoms. The van der Waals surface area contributed by atoms with E-state index in [2.05, 4.69) is 5.10 Å². The van der Waals surface area contributed by atoms with Crippen LogP contribution in [-0.4, -0.2) is 29.1 Å². The van der Waals surface area contributed by atoms with E-state index in [1.54, 1.807) is 6.26 Å². The van der Waals surface area contributed by atoms with Gasteiger partial charge in [-0.1, -0.05) is 34.8 Å². The predicted molar refractivity (Wildman–Crippen MR) is 86.1 cm³/mol. The zero-order valence-electron chi connectivity index (χ0n) is 11.0. The van der Waals surface area contributed by atoms with Crippen LogP contribution in [0.2, 0.25) is 15.1 Å². The van der Waals surface area contributed by atoms with Crippen LogP contribution in [-0.2, 0) is 4.74 Å². The summed E-state index contributed by atoms with van der Waals surface area (Å²) < 4.78 is 6.02. The van der Waals surface area contributed by atoms with Crippen LogP contribution in [0.3, 0.4) is 0 Å². The van der Waals surface area contributed by atoms with E-state index in [9.17, 15) is 4.79 Å². The van der Waals surface area contributed by atoms with Crippen LogP contribution in [0.15, 0.2) is 17.2 Å². The number of carbonyl (C=O) groups excluding carboxylic acids is 1. The van der Waals surface area contributed by atoms with Gasteiger partial charge in [-0.2, -0.15) is 5.10 Å². The van der Waals surface area contributed by atoms with Gasteiger partial charge in [0.25, 0.3) is 0 Å². The zero-order valence-corrected chi connectivity index (χ0v) is 14.1. The minimum atomic E-state index is -0.579. The van der Waals surface area contributed by atoms with Crippen LogP contribution in [0, 0.1) is 0 Å². The monoisotopic (exact) mass is 365 g/mol. The Labute approximate surface area is 140 Å². The Kier molecular flexibility index (Phi) is 4.93. The van der Waals surface area contributed by atoms with Gasteiger partial charge in [-0.15, -0.1) is 11.8 Å². The standard InChI is InChI=1S/C12H10Cl3N3O2S/c1-20-12(19)8-10(16)18(17-11(8)21-2)9-6(14)3-5(13)4-7(9)15/h3-4H,16H2,1-2H3. The van der Waals surface area contributed by atoms with Gasteiger partial charge in [0.1, 0.15) is 22.1 Å².